The van der Waals surface area contributed by atoms with E-state index in [1.54, 1.807) is 25.1 Å². The minimum Gasteiger partial charge on any atom is -0.483 e. The van der Waals surface area contributed by atoms with E-state index in [0.717, 1.165) is 44.3 Å². The summed E-state index contributed by atoms with van der Waals surface area (Å²) in [6, 6.07) is 3.81. The van der Waals surface area contributed by atoms with Crippen molar-refractivity contribution in [2.45, 2.75) is 133 Å². The number of nitrogens with zero attached hydrogens (tertiary/aromatic N) is 3. The molecule has 5 heterocycles. The number of hydrogen-bond acceptors (Lipinski definition) is 10. The van der Waals surface area contributed by atoms with Crippen molar-refractivity contribution in [1.29, 1.82) is 0 Å². The largest absolute Gasteiger partial charge is 0.483 e. The fourth-order valence-corrected chi connectivity index (χ4v) is 11.2. The van der Waals surface area contributed by atoms with Crippen molar-refractivity contribution in [3.05, 3.63) is 47.2 Å². The number of nitrogens with one attached hydrogen (secondary N) is 1. The molecule has 2 amide bonds. The second-order valence-corrected chi connectivity index (χ2v) is 20.7. The Morgan fingerprint density at radius 3 is 2.55 bits per heavy atom. The predicted molar refractivity (Wildman–Crippen MR) is 215 cm³/mol. The molecule has 60 heavy (non-hydrogen) atoms. The molecule has 2 saturated carbocycles. The summed E-state index contributed by atoms with van der Waals surface area (Å²) in [5, 5.41) is 0.534. The third-order valence-corrected chi connectivity index (χ3v) is 16.2. The van der Waals surface area contributed by atoms with E-state index in [0.29, 0.717) is 49.6 Å². The molecule has 1 N–H and O–H groups in total. The normalized spacial score (nSPS) is 30.1. The van der Waals surface area contributed by atoms with Crippen LogP contribution in [0.4, 0.5) is 13.2 Å². The van der Waals surface area contributed by atoms with Gasteiger partial charge in [0.05, 0.1) is 34.7 Å². The van der Waals surface area contributed by atoms with Crippen molar-refractivity contribution >= 4 is 44.5 Å². The minimum atomic E-state index is -4.87. The number of hydrogen-bond donors (Lipinski definition) is 1. The van der Waals surface area contributed by atoms with E-state index in [4.69, 9.17) is 9.47 Å². The van der Waals surface area contributed by atoms with Gasteiger partial charge in [-0.3, -0.25) is 28.8 Å². The molecule has 4 aliphatic heterocycles. The number of carbonyl (C=O) groups is 4. The van der Waals surface area contributed by atoms with Gasteiger partial charge in [0.1, 0.15) is 12.2 Å². The maximum atomic E-state index is 14.9. The highest BCUT2D eigenvalue weighted by Crippen LogP contribution is 2.58. The Labute approximate surface area is 349 Å². The number of sulfonamides is 1. The zero-order valence-electron chi connectivity index (χ0n) is 34.4. The van der Waals surface area contributed by atoms with Gasteiger partial charge in [-0.2, -0.15) is 13.2 Å². The van der Waals surface area contributed by atoms with Crippen LogP contribution in [0.2, 0.25) is 0 Å². The van der Waals surface area contributed by atoms with Gasteiger partial charge < -0.3 is 14.4 Å². The zero-order chi connectivity index (χ0) is 42.7. The van der Waals surface area contributed by atoms with Crippen LogP contribution in [0.5, 0.6) is 5.75 Å². The maximum Gasteiger partial charge on any atom is 0.437 e. The lowest BCUT2D eigenvalue weighted by Gasteiger charge is -2.37. The second kappa shape index (κ2) is 16.0. The Bertz CT molecular complexity index is 2200. The highest BCUT2D eigenvalue weighted by molar-refractivity contribution is 7.91. The molecule has 8 rings (SSSR count). The number of ketones is 1. The van der Waals surface area contributed by atoms with Crippen LogP contribution in [0.25, 0.3) is 10.9 Å². The molecule has 1 aromatic heterocycles. The Morgan fingerprint density at radius 1 is 1.05 bits per heavy atom. The number of ether oxygens (including phenoxy) is 2. The molecule has 1 aromatic carbocycles. The number of aryl methyl sites for hydroxylation is 2. The van der Waals surface area contributed by atoms with E-state index in [1.807, 2.05) is 19.1 Å². The number of Topliss-reactive ketones (excluding diaryl/α,β-unsaturated/α-hetero) is 1. The van der Waals surface area contributed by atoms with E-state index >= 15 is 0 Å². The first-order valence-corrected chi connectivity index (χ1v) is 23.1. The smallest absolute Gasteiger partial charge is 0.437 e. The van der Waals surface area contributed by atoms with Crippen molar-refractivity contribution in [2.75, 3.05) is 32.8 Å². The molecule has 16 heteroatoms. The second-order valence-electron chi connectivity index (χ2n) is 18.5. The van der Waals surface area contributed by atoms with Crippen molar-refractivity contribution in [1.82, 2.24) is 19.5 Å². The molecule has 5 atom stereocenters. The van der Waals surface area contributed by atoms with Gasteiger partial charge in [-0.25, -0.2) is 13.4 Å². The average Bonchev–Trinajstić information content (AvgIpc) is 3.98. The zero-order valence-corrected chi connectivity index (χ0v) is 35.2. The number of carbonyl (C=O) groups excluding carboxylic acids is 4. The molecule has 0 radical (unpaired) electrons. The van der Waals surface area contributed by atoms with Crippen LogP contribution >= 0.6 is 0 Å². The summed E-state index contributed by atoms with van der Waals surface area (Å²) < 4.78 is 84.1. The van der Waals surface area contributed by atoms with Crippen molar-refractivity contribution in [2.24, 2.45) is 17.3 Å². The van der Waals surface area contributed by atoms with Crippen molar-refractivity contribution in [3.63, 3.8) is 0 Å². The van der Waals surface area contributed by atoms with Gasteiger partial charge in [-0.15, -0.1) is 0 Å². The number of benzene rings is 1. The summed E-state index contributed by atoms with van der Waals surface area (Å²) >= 11 is 0. The first kappa shape index (κ1) is 42.6. The molecule has 326 valence electrons. The minimum absolute atomic E-state index is 0.151. The lowest BCUT2D eigenvalue weighted by Crippen LogP contribution is -2.48. The van der Waals surface area contributed by atoms with Crippen LogP contribution < -0.4 is 9.46 Å². The summed E-state index contributed by atoms with van der Waals surface area (Å²) in [6.45, 7) is 5.81. The van der Waals surface area contributed by atoms with Gasteiger partial charge in [0.2, 0.25) is 21.8 Å². The number of halogens is 3. The highest BCUT2D eigenvalue weighted by Gasteiger charge is 2.63. The van der Waals surface area contributed by atoms with Gasteiger partial charge in [0, 0.05) is 36.3 Å². The Hall–Kier alpha value is -4.05. The van der Waals surface area contributed by atoms with Gasteiger partial charge in [0.15, 0.2) is 17.2 Å². The van der Waals surface area contributed by atoms with Crippen LogP contribution in [0.1, 0.15) is 114 Å². The number of allylic oxidation sites excluding steroid dienone is 2. The SMILES string of the molecule is Cc1ccc2nc(C(F)(F)F)c3c(c2c1)CC[C@]1(C[C@H]2C(=O)C[C@]4(C(=O)NS(=O)(=O)C5(C)CC5)C[C@H]4/C=C\CCCCC[C@H](CC(=O)OCCN4CCCC4)C(=O)N2C1)O3. The van der Waals surface area contributed by atoms with Crippen LogP contribution in [-0.4, -0.2) is 95.9 Å². The summed E-state index contributed by atoms with van der Waals surface area (Å²) in [5.74, 6) is -4.04. The number of fused-ring (bicyclic) bond motifs is 5. The predicted octanol–water partition coefficient (Wildman–Crippen LogP) is 6.36. The molecule has 2 aromatic rings. The number of alkyl halides is 3. The van der Waals surface area contributed by atoms with Crippen LogP contribution in [0.15, 0.2) is 30.4 Å². The van der Waals surface area contributed by atoms with Crippen molar-refractivity contribution in [3.8, 4) is 5.75 Å². The standard InChI is InChI=1S/C44H55F3N4O8S/c1-28-12-13-33-32(22-28)31-14-15-42(59-37(31)38(48-33)44(45,46)47)25-34-35(52)26-43(40(55)49-60(56,57)41(2)16-17-41)24-30(43)11-7-5-3-4-6-10-29(39(54)51(34)27-42)23-36(53)58-21-20-50-18-8-9-19-50/h7,11-13,22,29-30,34H,3-6,8-10,14-21,23-27H2,1-2H3,(H,49,55)/b11-7-/t29-,30-,34+,42-,43-/m1/s1. The van der Waals surface area contributed by atoms with E-state index in [1.165, 1.54) is 4.90 Å². The Morgan fingerprint density at radius 2 is 1.82 bits per heavy atom. The van der Waals surface area contributed by atoms with Gasteiger partial charge in [-0.1, -0.05) is 36.6 Å². The molecular formula is C44H55F3N4O8S. The van der Waals surface area contributed by atoms with Gasteiger partial charge >= 0.3 is 12.1 Å². The van der Waals surface area contributed by atoms with E-state index in [9.17, 15) is 40.8 Å². The number of likely N-dealkylation sites (tertiary alicyclic amines) is 1. The molecule has 0 unspecified atom stereocenters. The summed E-state index contributed by atoms with van der Waals surface area (Å²) in [6.07, 6.45) is 4.84. The van der Waals surface area contributed by atoms with E-state index in [-0.39, 0.29) is 57.2 Å². The molecule has 4 fully saturated rings. The monoisotopic (exact) mass is 856 g/mol. The van der Waals surface area contributed by atoms with E-state index in [2.05, 4.69) is 14.6 Å². The topological polar surface area (TPSA) is 152 Å². The van der Waals surface area contributed by atoms with Crippen molar-refractivity contribution < 1.29 is 50.2 Å². The highest BCUT2D eigenvalue weighted by atomic mass is 32.2. The molecule has 6 aliphatic rings. The van der Waals surface area contributed by atoms with E-state index < -0.39 is 84.9 Å². The van der Waals surface area contributed by atoms with Crippen LogP contribution in [-0.2, 0) is 46.5 Å². The first-order valence-electron chi connectivity index (χ1n) is 21.6. The number of rotatable bonds is 8. The lowest BCUT2D eigenvalue weighted by atomic mass is 9.85. The fraction of sp³-hybridized carbons (Fsp3) is 0.659. The fourth-order valence-electron chi connectivity index (χ4n) is 9.86. The molecule has 0 bridgehead atoms. The Balaban J connectivity index is 1.12. The Kier molecular flexibility index (Phi) is 11.4. The summed E-state index contributed by atoms with van der Waals surface area (Å²) in [5.41, 5.74) is -2.62. The first-order chi connectivity index (χ1) is 28.4. The number of esters is 1. The van der Waals surface area contributed by atoms with Crippen LogP contribution in [0, 0.1) is 24.2 Å². The summed E-state index contributed by atoms with van der Waals surface area (Å²) in [7, 11) is -4.04. The molecule has 2 aliphatic carbocycles. The quantitative estimate of drug-likeness (QED) is 0.235. The number of amides is 2. The number of aromatic nitrogens is 1. The summed E-state index contributed by atoms with van der Waals surface area (Å²) in [4.78, 5) is 64.7. The van der Waals surface area contributed by atoms with Gasteiger partial charge in [0.25, 0.3) is 0 Å². The lowest BCUT2D eigenvalue weighted by molar-refractivity contribution is -0.150. The molecule has 1 spiro atoms. The molecule has 2 saturated heterocycles. The maximum absolute atomic E-state index is 14.9. The average molecular weight is 857 g/mol. The van der Waals surface area contributed by atoms with Crippen LogP contribution in [0.3, 0.4) is 0 Å². The molecular weight excluding hydrogens is 802 g/mol. The molecule has 12 nitrogen and oxygen atoms in total. The van der Waals surface area contributed by atoms with Gasteiger partial charge in [-0.05, 0) is 109 Å². The third-order valence-electron chi connectivity index (χ3n) is 14.0. The number of pyridine rings is 1. The third kappa shape index (κ3) is 8.43.